The van der Waals surface area contributed by atoms with Crippen molar-refractivity contribution in [3.8, 4) is 0 Å². The molecule has 0 aromatic rings. The summed E-state index contributed by atoms with van der Waals surface area (Å²) < 4.78 is 0. The van der Waals surface area contributed by atoms with E-state index in [1.54, 1.807) is 12.4 Å². The molecule has 0 unspecified atom stereocenters. The van der Waals surface area contributed by atoms with Gasteiger partial charge >= 0.3 is 0 Å². The third-order valence-corrected chi connectivity index (χ3v) is 3.66. The highest BCUT2D eigenvalue weighted by Gasteiger charge is 2.08. The van der Waals surface area contributed by atoms with Crippen molar-refractivity contribution in [3.63, 3.8) is 0 Å². The second-order valence-corrected chi connectivity index (χ2v) is 5.92. The number of unbranched alkanes of at least 4 members (excludes halogenated alkanes) is 3. The van der Waals surface area contributed by atoms with E-state index in [2.05, 4.69) is 43.4 Å². The van der Waals surface area contributed by atoms with Crippen LogP contribution in [-0.4, -0.2) is 11.2 Å². The molecule has 0 saturated heterocycles. The molecule has 0 spiro atoms. The Bertz CT molecular complexity index is 513. The molecule has 26 heavy (non-hydrogen) atoms. The van der Waals surface area contributed by atoms with Gasteiger partial charge in [0.15, 0.2) is 6.29 Å². The van der Waals surface area contributed by atoms with Gasteiger partial charge in [0.2, 0.25) is 5.70 Å². The van der Waals surface area contributed by atoms with Gasteiger partial charge in [-0.25, -0.2) is 0 Å². The molecule has 4 nitrogen and oxygen atoms in total. The van der Waals surface area contributed by atoms with Crippen LogP contribution in [0.1, 0.15) is 71.1 Å². The van der Waals surface area contributed by atoms with Gasteiger partial charge in [-0.1, -0.05) is 68.4 Å². The predicted molar refractivity (Wildman–Crippen MR) is 109 cm³/mol. The Morgan fingerprint density at radius 3 is 1.92 bits per heavy atom. The summed E-state index contributed by atoms with van der Waals surface area (Å²) in [6.07, 6.45) is 28.6. The summed E-state index contributed by atoms with van der Waals surface area (Å²) in [5, 5.41) is 10.8. The van der Waals surface area contributed by atoms with E-state index in [0.29, 0.717) is 6.42 Å². The van der Waals surface area contributed by atoms with Crippen LogP contribution in [0.5, 0.6) is 0 Å². The first-order valence-corrected chi connectivity index (χ1v) is 9.50. The molecule has 0 amide bonds. The maximum atomic E-state index is 10.8. The number of nitrogens with zero attached hydrogens (tertiary/aromatic N) is 1. The number of allylic oxidation sites excluding steroid dienone is 10. The molecular formula is C22H32NO3. The Labute approximate surface area is 158 Å². The summed E-state index contributed by atoms with van der Waals surface area (Å²) in [6.45, 7) is 2.22. The zero-order valence-corrected chi connectivity index (χ0v) is 15.9. The average Bonchev–Trinajstić information content (AvgIpc) is 2.63. The van der Waals surface area contributed by atoms with Crippen LogP contribution >= 0.6 is 0 Å². The van der Waals surface area contributed by atoms with Gasteiger partial charge < -0.3 is 0 Å². The molecule has 0 heterocycles. The van der Waals surface area contributed by atoms with Crippen molar-refractivity contribution in [3.05, 3.63) is 70.5 Å². The highest BCUT2D eigenvalue weighted by molar-refractivity contribution is 5.50. The van der Waals surface area contributed by atoms with Gasteiger partial charge in [0, 0.05) is 12.8 Å². The second kappa shape index (κ2) is 19.1. The minimum Gasteiger partial charge on any atom is -0.291 e. The number of rotatable bonds is 16. The zero-order chi connectivity index (χ0) is 19.3. The number of nitro groups is 1. The zero-order valence-electron chi connectivity index (χ0n) is 15.9. The van der Waals surface area contributed by atoms with Gasteiger partial charge in [0.25, 0.3) is 0 Å². The van der Waals surface area contributed by atoms with E-state index in [4.69, 9.17) is 0 Å². The van der Waals surface area contributed by atoms with Gasteiger partial charge in [-0.2, -0.15) is 0 Å². The van der Waals surface area contributed by atoms with E-state index >= 15 is 0 Å². The molecule has 0 rings (SSSR count). The molecule has 0 N–H and O–H groups in total. The van der Waals surface area contributed by atoms with Crippen LogP contribution in [0, 0.1) is 10.1 Å². The first kappa shape index (κ1) is 23.8. The lowest BCUT2D eigenvalue weighted by molar-refractivity contribution is -0.428. The molecule has 0 atom stereocenters. The Hall–Kier alpha value is -2.23. The molecule has 143 valence electrons. The van der Waals surface area contributed by atoms with Crippen LogP contribution in [0.3, 0.4) is 0 Å². The van der Waals surface area contributed by atoms with Crippen molar-refractivity contribution in [2.45, 2.75) is 71.1 Å². The first-order valence-electron chi connectivity index (χ1n) is 9.50. The average molecular weight is 359 g/mol. The lowest BCUT2D eigenvalue weighted by atomic mass is 10.2. The van der Waals surface area contributed by atoms with Gasteiger partial charge in [-0.3, -0.25) is 14.9 Å². The molecule has 0 aromatic heterocycles. The van der Waals surface area contributed by atoms with Crippen LogP contribution in [0.2, 0.25) is 0 Å². The fourth-order valence-electron chi connectivity index (χ4n) is 2.19. The monoisotopic (exact) mass is 358 g/mol. The maximum Gasteiger partial charge on any atom is 0.243 e. The number of carbonyl (C=O) groups excluding carboxylic acids is 1. The molecule has 0 fully saturated rings. The summed E-state index contributed by atoms with van der Waals surface area (Å²) in [4.78, 5) is 20.5. The lowest BCUT2D eigenvalue weighted by Gasteiger charge is -1.93. The summed E-state index contributed by atoms with van der Waals surface area (Å²) in [5.74, 6) is 0. The van der Waals surface area contributed by atoms with Crippen molar-refractivity contribution in [1.29, 1.82) is 0 Å². The third-order valence-electron chi connectivity index (χ3n) is 3.66. The minimum atomic E-state index is -0.433. The molecule has 4 heteroatoms. The van der Waals surface area contributed by atoms with Gasteiger partial charge in [-0.15, -0.1) is 0 Å². The molecule has 0 aliphatic heterocycles. The molecule has 0 aliphatic rings. The third kappa shape index (κ3) is 16.6. The molecule has 0 saturated carbocycles. The summed E-state index contributed by atoms with van der Waals surface area (Å²) in [5.41, 5.74) is 0.0816. The smallest absolute Gasteiger partial charge is 0.243 e. The van der Waals surface area contributed by atoms with E-state index in [-0.39, 0.29) is 18.5 Å². The maximum absolute atomic E-state index is 10.8. The SMILES string of the molecule is CCCCC/C=C/C/C=C/C/C=C/C/C=C/C/C=C(/CC[C]=O)[N+](=O)[O-]. The minimum absolute atomic E-state index is 0.0709. The number of hydrogen-bond acceptors (Lipinski definition) is 3. The summed E-state index contributed by atoms with van der Waals surface area (Å²) >= 11 is 0. The molecule has 1 radical (unpaired) electrons. The van der Waals surface area contributed by atoms with E-state index < -0.39 is 4.92 Å². The summed E-state index contributed by atoms with van der Waals surface area (Å²) in [7, 11) is 0. The highest BCUT2D eigenvalue weighted by atomic mass is 16.6. The van der Waals surface area contributed by atoms with Crippen molar-refractivity contribution < 1.29 is 9.72 Å². The van der Waals surface area contributed by atoms with E-state index in [0.717, 1.165) is 19.3 Å². The Morgan fingerprint density at radius 2 is 1.42 bits per heavy atom. The predicted octanol–water partition coefficient (Wildman–Crippen LogP) is 6.40. The highest BCUT2D eigenvalue weighted by Crippen LogP contribution is 2.06. The molecule has 0 bridgehead atoms. The van der Waals surface area contributed by atoms with Crippen LogP contribution in [0.4, 0.5) is 0 Å². The van der Waals surface area contributed by atoms with E-state index in [9.17, 15) is 14.9 Å². The van der Waals surface area contributed by atoms with Gasteiger partial charge in [0.1, 0.15) is 0 Å². The van der Waals surface area contributed by atoms with Crippen molar-refractivity contribution in [2.75, 3.05) is 0 Å². The van der Waals surface area contributed by atoms with Crippen molar-refractivity contribution >= 4 is 6.29 Å². The Balaban J connectivity index is 3.79. The number of hydrogen-bond donors (Lipinski definition) is 0. The lowest BCUT2D eigenvalue weighted by Crippen LogP contribution is -1.98. The van der Waals surface area contributed by atoms with Gasteiger partial charge in [-0.05, 0) is 44.6 Å². The second-order valence-electron chi connectivity index (χ2n) is 5.92. The first-order chi connectivity index (χ1) is 12.7. The van der Waals surface area contributed by atoms with Crippen LogP contribution in [0.15, 0.2) is 60.4 Å². The largest absolute Gasteiger partial charge is 0.291 e. The van der Waals surface area contributed by atoms with Gasteiger partial charge in [0.05, 0.1) is 4.92 Å². The topological polar surface area (TPSA) is 60.2 Å². The van der Waals surface area contributed by atoms with Crippen molar-refractivity contribution in [2.24, 2.45) is 0 Å². The van der Waals surface area contributed by atoms with Crippen LogP contribution < -0.4 is 0 Å². The Kier molecular flexibility index (Phi) is 17.5. The fraction of sp³-hybridized carbons (Fsp3) is 0.500. The quantitative estimate of drug-likeness (QED) is 0.139. The Morgan fingerprint density at radius 1 is 0.885 bits per heavy atom. The van der Waals surface area contributed by atoms with Crippen LogP contribution in [0.25, 0.3) is 0 Å². The molecular weight excluding hydrogens is 326 g/mol. The standard InChI is InChI=1S/C22H32NO3/c1-2-3-4-5-6-7-8-9-10-11-12-13-14-15-16-17-19-22(23(25)26)20-18-21-24/h6-7,9-10,12-13,15-16,19H,2-5,8,11,14,17-18,20H2,1H3/b7-6+,10-9+,13-12+,16-15+,22-19-. The normalized spacial score (nSPS) is 12.9. The molecule has 0 aliphatic carbocycles. The summed E-state index contributed by atoms with van der Waals surface area (Å²) in [6, 6.07) is 0. The van der Waals surface area contributed by atoms with E-state index in [1.165, 1.54) is 25.7 Å². The van der Waals surface area contributed by atoms with E-state index in [1.807, 2.05) is 12.2 Å². The molecule has 0 aromatic carbocycles. The van der Waals surface area contributed by atoms with Crippen LogP contribution in [-0.2, 0) is 4.79 Å². The fourth-order valence-corrected chi connectivity index (χ4v) is 2.19. The van der Waals surface area contributed by atoms with Crippen molar-refractivity contribution in [1.82, 2.24) is 0 Å².